The Kier molecular flexibility index (Phi) is 11.9. The molecule has 3 heterocycles. The summed E-state index contributed by atoms with van der Waals surface area (Å²) in [5.41, 5.74) is 4.00. The predicted octanol–water partition coefficient (Wildman–Crippen LogP) is -5.49. The van der Waals surface area contributed by atoms with Crippen molar-refractivity contribution in [2.24, 2.45) is 5.73 Å². The van der Waals surface area contributed by atoms with E-state index in [1.54, 1.807) is 0 Å². The molecule has 2 aliphatic rings. The topological polar surface area (TPSA) is 279 Å². The molecule has 2 saturated heterocycles. The number of ether oxygens (including phenoxy) is 2. The zero-order chi connectivity index (χ0) is 30.3. The average Bonchev–Trinajstić information content (AvgIpc) is 3.22. The van der Waals surface area contributed by atoms with Crippen molar-refractivity contribution in [3.63, 3.8) is 0 Å². The standard InChI is InChI=1S/C24H39N5O12/c25-6-3-1-2-4-11(27-16(32)8-12-17(33)20(36)19(35)14(10-30)40-12)22(38)26-9-13-18(34)21(37)23(41-13)29-7-5-15(31)28-24(29)39/h5,7,11-14,17-21,23,30,33-37H,1-4,6,8-10,25H2,(H,26,38)(H,27,32)(H,28,31,39)/t11-,12+,13?,14+,17-,18+,19-,20+,21+,23+/m0/s1. The number of nitrogens with two attached hydrogens (primary N) is 1. The fourth-order valence-corrected chi connectivity index (χ4v) is 4.80. The number of hydrogen-bond donors (Lipinski definition) is 10. The number of aromatic nitrogens is 2. The maximum Gasteiger partial charge on any atom is 0.330 e. The van der Waals surface area contributed by atoms with Crippen molar-refractivity contribution in [3.8, 4) is 0 Å². The van der Waals surface area contributed by atoms with Crippen LogP contribution in [0.15, 0.2) is 21.9 Å². The summed E-state index contributed by atoms with van der Waals surface area (Å²) in [6.07, 6.45) is -10.1. The van der Waals surface area contributed by atoms with E-state index in [1.807, 2.05) is 4.98 Å². The van der Waals surface area contributed by atoms with Gasteiger partial charge in [0.15, 0.2) is 6.23 Å². The van der Waals surface area contributed by atoms with E-state index in [2.05, 4.69) is 10.6 Å². The molecule has 10 atom stereocenters. The summed E-state index contributed by atoms with van der Waals surface area (Å²) in [5, 5.41) is 65.4. The number of hydrogen-bond acceptors (Lipinski definition) is 13. The SMILES string of the molecule is NCCCCC[C@H](NC(=O)C[C@H]1O[C@H](CO)[C@H](O)[C@H](O)[C@H]1O)C(=O)NCC1O[C@@H](n2ccc(=O)[nH]c2=O)[C@H](O)[C@@H]1O. The summed E-state index contributed by atoms with van der Waals surface area (Å²) in [6.45, 7) is -0.511. The molecular weight excluding hydrogens is 550 g/mol. The van der Waals surface area contributed by atoms with Crippen molar-refractivity contribution in [3.05, 3.63) is 33.1 Å². The van der Waals surface area contributed by atoms with E-state index in [0.29, 0.717) is 25.8 Å². The summed E-state index contributed by atoms with van der Waals surface area (Å²) in [7, 11) is 0. The molecule has 0 radical (unpaired) electrons. The molecular formula is C24H39N5O12. The number of H-pyrrole nitrogens is 1. The lowest BCUT2D eigenvalue weighted by Gasteiger charge is -2.39. The Morgan fingerprint density at radius 2 is 1.63 bits per heavy atom. The zero-order valence-electron chi connectivity index (χ0n) is 22.2. The number of rotatable bonds is 13. The first-order valence-electron chi connectivity index (χ1n) is 13.4. The Bertz CT molecular complexity index is 1130. The largest absolute Gasteiger partial charge is 0.394 e. The van der Waals surface area contributed by atoms with Gasteiger partial charge < -0.3 is 56.5 Å². The molecule has 0 aliphatic carbocycles. The van der Waals surface area contributed by atoms with Crippen LogP contribution in [0.25, 0.3) is 0 Å². The zero-order valence-corrected chi connectivity index (χ0v) is 22.2. The van der Waals surface area contributed by atoms with Crippen LogP contribution >= 0.6 is 0 Å². The van der Waals surface area contributed by atoms with Gasteiger partial charge in [0.05, 0.1) is 19.1 Å². The normalized spacial score (nSPS) is 32.4. The third-order valence-corrected chi connectivity index (χ3v) is 7.17. The van der Waals surface area contributed by atoms with E-state index in [1.165, 1.54) is 0 Å². The minimum absolute atomic E-state index is 0.207. The van der Waals surface area contributed by atoms with Gasteiger partial charge in [-0.05, 0) is 19.4 Å². The molecule has 17 heteroatoms. The Hall–Kier alpha value is -2.74. The first kappa shape index (κ1) is 32.8. The number of aliphatic hydroxyl groups excluding tert-OH is 6. The maximum absolute atomic E-state index is 13.0. The number of nitrogens with one attached hydrogen (secondary N) is 3. The van der Waals surface area contributed by atoms with Gasteiger partial charge in [-0.1, -0.05) is 12.8 Å². The van der Waals surface area contributed by atoms with E-state index in [4.69, 9.17) is 15.2 Å². The third kappa shape index (κ3) is 8.18. The Morgan fingerprint density at radius 1 is 0.951 bits per heavy atom. The highest BCUT2D eigenvalue weighted by atomic mass is 16.6. The molecule has 0 bridgehead atoms. The number of amides is 2. The highest BCUT2D eigenvalue weighted by molar-refractivity contribution is 5.87. The summed E-state index contributed by atoms with van der Waals surface area (Å²) in [6, 6.07) is -0.0209. The Morgan fingerprint density at radius 3 is 2.29 bits per heavy atom. The van der Waals surface area contributed by atoms with Crippen molar-refractivity contribution < 1.29 is 49.7 Å². The lowest BCUT2D eigenvalue weighted by Crippen LogP contribution is -2.59. The molecule has 1 aromatic heterocycles. The van der Waals surface area contributed by atoms with Gasteiger partial charge in [0, 0.05) is 18.8 Å². The van der Waals surface area contributed by atoms with Crippen LogP contribution in [-0.2, 0) is 19.1 Å². The molecule has 1 aromatic rings. The van der Waals surface area contributed by atoms with Crippen LogP contribution in [0.3, 0.4) is 0 Å². The third-order valence-electron chi connectivity index (χ3n) is 7.17. The number of nitrogens with zero attached hydrogens (tertiary/aromatic N) is 1. The molecule has 1 unspecified atom stereocenters. The Labute approximate surface area is 233 Å². The molecule has 232 valence electrons. The van der Waals surface area contributed by atoms with Crippen LogP contribution in [-0.4, -0.2) is 127 Å². The number of carbonyl (C=O) groups is 2. The number of aliphatic hydroxyl groups is 6. The fraction of sp³-hybridized carbons (Fsp3) is 0.750. The van der Waals surface area contributed by atoms with Gasteiger partial charge in [-0.15, -0.1) is 0 Å². The fourth-order valence-electron chi connectivity index (χ4n) is 4.80. The van der Waals surface area contributed by atoms with Gasteiger partial charge in [0.1, 0.15) is 48.8 Å². The molecule has 2 amide bonds. The van der Waals surface area contributed by atoms with Crippen molar-refractivity contribution >= 4 is 11.8 Å². The van der Waals surface area contributed by atoms with E-state index in [0.717, 1.165) is 16.8 Å². The number of unbranched alkanes of at least 4 members (excludes halogenated alkanes) is 2. The van der Waals surface area contributed by atoms with Crippen molar-refractivity contribution in [2.75, 3.05) is 19.7 Å². The predicted molar refractivity (Wildman–Crippen MR) is 138 cm³/mol. The van der Waals surface area contributed by atoms with Gasteiger partial charge >= 0.3 is 5.69 Å². The van der Waals surface area contributed by atoms with Crippen molar-refractivity contribution in [1.29, 1.82) is 0 Å². The van der Waals surface area contributed by atoms with Crippen LogP contribution in [0.1, 0.15) is 38.3 Å². The molecule has 2 aliphatic heterocycles. The van der Waals surface area contributed by atoms with Gasteiger partial charge in [0.25, 0.3) is 5.56 Å². The first-order valence-corrected chi connectivity index (χ1v) is 13.4. The molecule has 2 fully saturated rings. The first-order chi connectivity index (χ1) is 19.5. The monoisotopic (exact) mass is 589 g/mol. The quantitative estimate of drug-likeness (QED) is 0.0963. The van der Waals surface area contributed by atoms with Crippen LogP contribution < -0.4 is 27.6 Å². The second-order valence-corrected chi connectivity index (χ2v) is 10.1. The molecule has 0 spiro atoms. The summed E-state index contributed by atoms with van der Waals surface area (Å²) < 4.78 is 11.8. The minimum Gasteiger partial charge on any atom is -0.394 e. The molecule has 11 N–H and O–H groups in total. The highest BCUT2D eigenvalue weighted by Gasteiger charge is 2.45. The van der Waals surface area contributed by atoms with E-state index in [9.17, 15) is 49.8 Å². The average molecular weight is 590 g/mol. The van der Waals surface area contributed by atoms with Crippen LogP contribution in [0.2, 0.25) is 0 Å². The second-order valence-electron chi connectivity index (χ2n) is 10.1. The van der Waals surface area contributed by atoms with Crippen LogP contribution in [0, 0.1) is 0 Å². The van der Waals surface area contributed by atoms with Gasteiger partial charge in [-0.2, -0.15) is 0 Å². The van der Waals surface area contributed by atoms with Gasteiger partial charge in [0.2, 0.25) is 11.8 Å². The molecule has 17 nitrogen and oxygen atoms in total. The van der Waals surface area contributed by atoms with Gasteiger partial charge in [-0.25, -0.2) is 4.79 Å². The molecule has 0 aromatic carbocycles. The number of carbonyl (C=O) groups excluding carboxylic acids is 2. The smallest absolute Gasteiger partial charge is 0.330 e. The maximum atomic E-state index is 13.0. The highest BCUT2D eigenvalue weighted by Crippen LogP contribution is 2.28. The van der Waals surface area contributed by atoms with Crippen LogP contribution in [0.4, 0.5) is 0 Å². The van der Waals surface area contributed by atoms with Gasteiger partial charge in [-0.3, -0.25) is 23.9 Å². The van der Waals surface area contributed by atoms with Crippen molar-refractivity contribution in [2.45, 2.75) is 93.2 Å². The summed E-state index contributed by atoms with van der Waals surface area (Å²) >= 11 is 0. The Balaban J connectivity index is 1.62. The number of aromatic amines is 1. The molecule has 0 saturated carbocycles. The lowest BCUT2D eigenvalue weighted by atomic mass is 9.93. The van der Waals surface area contributed by atoms with Crippen LogP contribution in [0.5, 0.6) is 0 Å². The van der Waals surface area contributed by atoms with Crippen molar-refractivity contribution in [1.82, 2.24) is 20.2 Å². The van der Waals surface area contributed by atoms with E-state index < -0.39 is 97.2 Å². The summed E-state index contributed by atoms with van der Waals surface area (Å²) in [5.74, 6) is -1.35. The molecule has 41 heavy (non-hydrogen) atoms. The van der Waals surface area contributed by atoms with E-state index in [-0.39, 0.29) is 13.0 Å². The summed E-state index contributed by atoms with van der Waals surface area (Å²) in [4.78, 5) is 51.3. The second kappa shape index (κ2) is 14.9. The van der Waals surface area contributed by atoms with E-state index >= 15 is 0 Å². The molecule has 3 rings (SSSR count). The lowest BCUT2D eigenvalue weighted by molar-refractivity contribution is -0.229. The minimum atomic E-state index is -1.65.